The molecule has 136 valence electrons. The van der Waals surface area contributed by atoms with Gasteiger partial charge in [0.1, 0.15) is 5.69 Å². The number of furan rings is 1. The number of nitrogens with one attached hydrogen (secondary N) is 3. The van der Waals surface area contributed by atoms with Gasteiger partial charge < -0.3 is 9.73 Å². The number of aryl methyl sites for hydroxylation is 1. The molecule has 0 fully saturated rings. The van der Waals surface area contributed by atoms with Crippen LogP contribution < -0.4 is 10.0 Å². The highest BCUT2D eigenvalue weighted by Gasteiger charge is 2.21. The molecule has 0 aliphatic heterocycles. The molecule has 0 aliphatic rings. The number of hydrogen-bond donors (Lipinski definition) is 3. The molecule has 3 rings (SSSR count). The highest BCUT2D eigenvalue weighted by molar-refractivity contribution is 7.92. The Morgan fingerprint density at radius 1 is 1.08 bits per heavy atom. The van der Waals surface area contributed by atoms with Crippen LogP contribution in [0, 0.1) is 13.8 Å². The third-order valence-electron chi connectivity index (χ3n) is 3.79. The fraction of sp³-hybridized carbons (Fsp3) is 0.176. The number of hydrogen-bond acceptors (Lipinski definition) is 5. The van der Waals surface area contributed by atoms with Crippen LogP contribution in [0.5, 0.6) is 0 Å². The first-order chi connectivity index (χ1) is 12.3. The van der Waals surface area contributed by atoms with Crippen LogP contribution in [0.1, 0.15) is 18.2 Å². The zero-order chi connectivity index (χ0) is 18.9. The summed E-state index contributed by atoms with van der Waals surface area (Å²) in [4.78, 5) is 11.0. The molecule has 0 bridgehead atoms. The zero-order valence-corrected chi connectivity index (χ0v) is 15.3. The van der Waals surface area contributed by atoms with E-state index in [2.05, 4.69) is 20.2 Å². The maximum atomic E-state index is 12.5. The third kappa shape index (κ3) is 3.62. The fourth-order valence-corrected chi connectivity index (χ4v) is 3.34. The fourth-order valence-electron chi connectivity index (χ4n) is 2.35. The van der Waals surface area contributed by atoms with Gasteiger partial charge in [0, 0.05) is 29.6 Å². The highest BCUT2D eigenvalue weighted by atomic mass is 32.2. The lowest BCUT2D eigenvalue weighted by atomic mass is 10.2. The second-order valence-corrected chi connectivity index (χ2v) is 7.42. The van der Waals surface area contributed by atoms with Crippen LogP contribution in [0.15, 0.2) is 45.9 Å². The van der Waals surface area contributed by atoms with Gasteiger partial charge >= 0.3 is 0 Å². The Hall–Kier alpha value is -3.07. The number of H-pyrrole nitrogens is 1. The Kier molecular flexibility index (Phi) is 4.56. The summed E-state index contributed by atoms with van der Waals surface area (Å²) >= 11 is 0. The van der Waals surface area contributed by atoms with Crippen molar-refractivity contribution >= 4 is 27.3 Å². The molecule has 0 saturated heterocycles. The SMILES string of the molecule is CC(=O)Nc1ccc(NS(=O)(=O)c2ccc(-c3n[nH]c(C)c3C)o2)cc1. The zero-order valence-electron chi connectivity index (χ0n) is 14.5. The molecule has 3 aromatic rings. The number of anilines is 2. The van der Waals surface area contributed by atoms with Crippen molar-refractivity contribution in [2.45, 2.75) is 25.9 Å². The topological polar surface area (TPSA) is 117 Å². The summed E-state index contributed by atoms with van der Waals surface area (Å²) in [6, 6.07) is 9.25. The maximum absolute atomic E-state index is 12.5. The van der Waals surface area contributed by atoms with Crippen molar-refractivity contribution in [3.05, 3.63) is 47.7 Å². The van der Waals surface area contributed by atoms with Gasteiger partial charge in [-0.05, 0) is 50.2 Å². The normalized spacial score (nSPS) is 11.3. The van der Waals surface area contributed by atoms with Crippen LogP contribution in [0.25, 0.3) is 11.5 Å². The largest absolute Gasteiger partial charge is 0.441 e. The third-order valence-corrected chi connectivity index (χ3v) is 5.04. The number of aromatic nitrogens is 2. The molecule has 9 heteroatoms. The number of nitrogens with zero attached hydrogens (tertiary/aromatic N) is 1. The number of sulfonamides is 1. The summed E-state index contributed by atoms with van der Waals surface area (Å²) in [5, 5.41) is 9.37. The molecule has 0 unspecified atom stereocenters. The van der Waals surface area contributed by atoms with Gasteiger partial charge in [0.25, 0.3) is 10.0 Å². The Morgan fingerprint density at radius 2 is 1.73 bits per heavy atom. The van der Waals surface area contributed by atoms with Gasteiger partial charge in [-0.3, -0.25) is 14.6 Å². The summed E-state index contributed by atoms with van der Waals surface area (Å²) < 4.78 is 32.9. The molecule has 0 radical (unpaired) electrons. The molecular formula is C17H18N4O4S. The van der Waals surface area contributed by atoms with E-state index in [1.807, 2.05) is 13.8 Å². The first-order valence-corrected chi connectivity index (χ1v) is 9.27. The van der Waals surface area contributed by atoms with Gasteiger partial charge in [-0.15, -0.1) is 0 Å². The second-order valence-electron chi connectivity index (χ2n) is 5.80. The summed E-state index contributed by atoms with van der Waals surface area (Å²) in [7, 11) is -3.88. The quantitative estimate of drug-likeness (QED) is 0.634. The van der Waals surface area contributed by atoms with Crippen molar-refractivity contribution < 1.29 is 17.6 Å². The van der Waals surface area contributed by atoms with E-state index in [1.165, 1.54) is 13.0 Å². The standard InChI is InChI=1S/C17H18N4O4S/c1-10-11(2)19-20-17(10)15-8-9-16(25-15)26(23,24)21-14-6-4-13(5-7-14)18-12(3)22/h4-9,21H,1-3H3,(H,18,22)(H,19,20). The van der Waals surface area contributed by atoms with Crippen LogP contribution >= 0.6 is 0 Å². The molecule has 0 spiro atoms. The lowest BCUT2D eigenvalue weighted by Gasteiger charge is -2.07. The molecule has 26 heavy (non-hydrogen) atoms. The summed E-state index contributed by atoms with van der Waals surface area (Å²) in [6.07, 6.45) is 0. The Labute approximate surface area is 150 Å². The number of carbonyl (C=O) groups excluding carboxylic acids is 1. The average Bonchev–Trinajstić information content (AvgIpc) is 3.17. The van der Waals surface area contributed by atoms with E-state index < -0.39 is 10.0 Å². The van der Waals surface area contributed by atoms with E-state index in [1.54, 1.807) is 30.3 Å². The van der Waals surface area contributed by atoms with E-state index in [9.17, 15) is 13.2 Å². The molecule has 2 heterocycles. The molecule has 1 amide bonds. The Morgan fingerprint density at radius 3 is 2.31 bits per heavy atom. The predicted molar refractivity (Wildman–Crippen MR) is 97.3 cm³/mol. The molecule has 1 aromatic carbocycles. The van der Waals surface area contributed by atoms with Gasteiger partial charge in [-0.2, -0.15) is 13.5 Å². The molecular weight excluding hydrogens is 356 g/mol. The van der Waals surface area contributed by atoms with Gasteiger partial charge in [0.2, 0.25) is 11.0 Å². The van der Waals surface area contributed by atoms with E-state index >= 15 is 0 Å². The number of carbonyl (C=O) groups is 1. The minimum absolute atomic E-state index is 0.203. The van der Waals surface area contributed by atoms with E-state index in [0.717, 1.165) is 11.3 Å². The minimum atomic E-state index is -3.88. The van der Waals surface area contributed by atoms with Crippen molar-refractivity contribution in [1.82, 2.24) is 10.2 Å². The first-order valence-electron chi connectivity index (χ1n) is 7.78. The number of benzene rings is 1. The minimum Gasteiger partial charge on any atom is -0.441 e. The lowest BCUT2D eigenvalue weighted by molar-refractivity contribution is -0.114. The van der Waals surface area contributed by atoms with E-state index in [0.29, 0.717) is 22.8 Å². The number of amides is 1. The van der Waals surface area contributed by atoms with Gasteiger partial charge in [-0.25, -0.2) is 0 Å². The molecule has 0 atom stereocenters. The molecule has 3 N–H and O–H groups in total. The molecule has 0 aliphatic carbocycles. The van der Waals surface area contributed by atoms with Crippen molar-refractivity contribution in [2.75, 3.05) is 10.0 Å². The van der Waals surface area contributed by atoms with Gasteiger partial charge in [-0.1, -0.05) is 0 Å². The van der Waals surface area contributed by atoms with E-state index in [4.69, 9.17) is 4.42 Å². The van der Waals surface area contributed by atoms with Crippen LogP contribution in [0.4, 0.5) is 11.4 Å². The van der Waals surface area contributed by atoms with E-state index in [-0.39, 0.29) is 11.0 Å². The van der Waals surface area contributed by atoms with Crippen molar-refractivity contribution in [2.24, 2.45) is 0 Å². The van der Waals surface area contributed by atoms with Crippen LogP contribution in [0.3, 0.4) is 0 Å². The van der Waals surface area contributed by atoms with Crippen molar-refractivity contribution in [1.29, 1.82) is 0 Å². The number of aromatic amines is 1. The van der Waals surface area contributed by atoms with Crippen LogP contribution in [-0.4, -0.2) is 24.5 Å². The second kappa shape index (κ2) is 6.68. The lowest BCUT2D eigenvalue weighted by Crippen LogP contribution is -2.12. The van der Waals surface area contributed by atoms with Crippen molar-refractivity contribution in [3.8, 4) is 11.5 Å². The Bertz CT molecular complexity index is 1050. The van der Waals surface area contributed by atoms with Crippen LogP contribution in [-0.2, 0) is 14.8 Å². The highest BCUT2D eigenvalue weighted by Crippen LogP contribution is 2.27. The van der Waals surface area contributed by atoms with Gasteiger partial charge in [0.05, 0.1) is 0 Å². The summed E-state index contributed by atoms with van der Waals surface area (Å²) in [6.45, 7) is 5.14. The van der Waals surface area contributed by atoms with Crippen molar-refractivity contribution in [3.63, 3.8) is 0 Å². The number of rotatable bonds is 5. The molecule has 2 aromatic heterocycles. The maximum Gasteiger partial charge on any atom is 0.295 e. The Balaban J connectivity index is 1.80. The monoisotopic (exact) mass is 374 g/mol. The summed E-state index contributed by atoms with van der Waals surface area (Å²) in [5.74, 6) is 0.165. The smallest absolute Gasteiger partial charge is 0.295 e. The average molecular weight is 374 g/mol. The predicted octanol–water partition coefficient (Wildman–Crippen LogP) is 3.05. The molecule has 0 saturated carbocycles. The summed E-state index contributed by atoms with van der Waals surface area (Å²) in [5.41, 5.74) is 3.28. The molecule has 8 nitrogen and oxygen atoms in total. The first kappa shape index (κ1) is 17.7. The van der Waals surface area contributed by atoms with Crippen LogP contribution in [0.2, 0.25) is 0 Å². The van der Waals surface area contributed by atoms with Gasteiger partial charge in [0.15, 0.2) is 5.76 Å².